The third-order valence-corrected chi connectivity index (χ3v) is 18.9. The molecular weight excluding hydrogens is 1400 g/mol. The molecule has 0 spiro atoms. The van der Waals surface area contributed by atoms with E-state index in [1.165, 1.54) is 96.3 Å². The summed E-state index contributed by atoms with van der Waals surface area (Å²) in [5.41, 5.74) is 0. The number of allylic oxidation sites excluding steroid dienone is 26. The number of aliphatic hydroxyl groups is 1. The van der Waals surface area contributed by atoms with Crippen molar-refractivity contribution >= 4 is 39.5 Å². The summed E-state index contributed by atoms with van der Waals surface area (Å²) in [7, 11) is -10.0. The molecule has 0 rings (SSSR count). The van der Waals surface area contributed by atoms with Crippen molar-refractivity contribution in [3.63, 3.8) is 0 Å². The normalized spacial score (nSPS) is 14.6. The standard InChI is InChI=1S/C89H148O17P2/c1-5-9-13-17-21-25-29-33-37-39-41-43-47-50-54-58-62-66-70-74-87(92)100-80-84(105-88(93)75-71-67-63-59-55-51-46-36-32-28-24-20-16-12-8-4)81-103-107(95,96)101-77-83(90)78-102-108(97,98)104-82-85(79-99-86(91)73-69-65-61-57-53-49-45-35-31-27-23-19-15-11-7-3)106-89(94)76-72-68-64-60-56-52-48-44-42-40-38-34-30-26-22-18-14-10-6-2/h9,13,21-22,25-26,33-38,41-46,50,52,54,56,62,64,66,68,83-85,90H,5-8,10-12,14-20,23-24,27-32,39-40,47-49,51,53,55,57-61,63,65,67,69-82H2,1-4H3,(H,95,96)(H,97,98)/b13-9-,25-21-,26-22-,37-33-,38-34-,43-41-,44-42-,45-35-,46-36-,54-50-,56-52-,66-62-,68-64-/t83-,84-,85-/m1/s1. The SMILES string of the molecule is CC/C=C\C/C=C\C/C=C\C/C=C\C/C=C\C/C=C\CCC(=O)OC[C@H](COP(=O)(O)OC[C@@H](O)COP(=O)(O)OC[C@@H](COC(=O)CCCCCCC/C=C\CCCCCCCC)OC(=O)CC/C=C\C/C=C\C/C=C\C/C=C\C/C=C\CCCCC)OC(=O)CCCCCCC/C=C\CCCCCCCC. The highest BCUT2D eigenvalue weighted by Crippen LogP contribution is 2.45. The Morgan fingerprint density at radius 1 is 0.269 bits per heavy atom. The van der Waals surface area contributed by atoms with Crippen LogP contribution in [-0.2, 0) is 65.4 Å². The van der Waals surface area contributed by atoms with Gasteiger partial charge in [-0.25, -0.2) is 9.13 Å². The van der Waals surface area contributed by atoms with Crippen LogP contribution in [0.5, 0.6) is 0 Å². The third-order valence-electron chi connectivity index (χ3n) is 17.0. The van der Waals surface area contributed by atoms with E-state index in [1.807, 2.05) is 36.5 Å². The molecule has 108 heavy (non-hydrogen) atoms. The molecule has 0 saturated heterocycles. The van der Waals surface area contributed by atoms with E-state index in [-0.39, 0.29) is 25.7 Å². The molecule has 0 aromatic carbocycles. The topological polar surface area (TPSA) is 237 Å². The van der Waals surface area contributed by atoms with Gasteiger partial charge in [0, 0.05) is 25.7 Å². The summed E-state index contributed by atoms with van der Waals surface area (Å²) in [5, 5.41) is 10.7. The first-order valence-electron chi connectivity index (χ1n) is 41.7. The highest BCUT2D eigenvalue weighted by atomic mass is 31.2. The summed E-state index contributed by atoms with van der Waals surface area (Å²) in [6.45, 7) is 4.55. The Morgan fingerprint density at radius 2 is 0.500 bits per heavy atom. The molecule has 616 valence electrons. The van der Waals surface area contributed by atoms with E-state index < -0.39 is 97.5 Å². The number of carbonyl (C=O) groups excluding carboxylic acids is 4. The fraction of sp³-hybridized carbons (Fsp3) is 0.663. The van der Waals surface area contributed by atoms with Gasteiger partial charge in [0.2, 0.25) is 0 Å². The van der Waals surface area contributed by atoms with Crippen molar-refractivity contribution in [2.24, 2.45) is 0 Å². The zero-order chi connectivity index (χ0) is 78.9. The van der Waals surface area contributed by atoms with Gasteiger partial charge in [0.15, 0.2) is 12.2 Å². The lowest BCUT2D eigenvalue weighted by molar-refractivity contribution is -0.161. The first kappa shape index (κ1) is 103. The summed E-state index contributed by atoms with van der Waals surface area (Å²) in [4.78, 5) is 73.1. The van der Waals surface area contributed by atoms with E-state index in [0.29, 0.717) is 38.5 Å². The molecule has 3 N–H and O–H groups in total. The number of unbranched alkanes of at least 4 members (excludes halogenated alkanes) is 25. The molecule has 0 aromatic heterocycles. The molecule has 0 aromatic rings. The van der Waals surface area contributed by atoms with Crippen LogP contribution < -0.4 is 0 Å². The summed E-state index contributed by atoms with van der Waals surface area (Å²) < 4.78 is 68.5. The lowest BCUT2D eigenvalue weighted by Crippen LogP contribution is -2.30. The summed E-state index contributed by atoms with van der Waals surface area (Å²) >= 11 is 0. The molecular formula is C89H148O17P2. The molecule has 0 aliphatic carbocycles. The Labute approximate surface area is 655 Å². The zero-order valence-electron chi connectivity index (χ0n) is 67.5. The molecule has 0 aliphatic rings. The molecule has 19 heteroatoms. The summed E-state index contributed by atoms with van der Waals surface area (Å²) in [5.74, 6) is -2.39. The second-order valence-corrected chi connectivity index (χ2v) is 30.2. The average molecular weight is 1550 g/mol. The molecule has 0 saturated carbocycles. The van der Waals surface area contributed by atoms with Crippen molar-refractivity contribution in [3.8, 4) is 0 Å². The predicted molar refractivity (Wildman–Crippen MR) is 445 cm³/mol. The largest absolute Gasteiger partial charge is 0.472 e. The van der Waals surface area contributed by atoms with Gasteiger partial charge in [-0.1, -0.05) is 301 Å². The number of phosphoric acid groups is 2. The minimum atomic E-state index is -5.01. The lowest BCUT2D eigenvalue weighted by Gasteiger charge is -2.21. The van der Waals surface area contributed by atoms with Gasteiger partial charge in [-0.15, -0.1) is 0 Å². The molecule has 2 unspecified atom stereocenters. The van der Waals surface area contributed by atoms with Crippen LogP contribution >= 0.6 is 15.6 Å². The van der Waals surface area contributed by atoms with Crippen LogP contribution in [-0.4, -0.2) is 96.7 Å². The van der Waals surface area contributed by atoms with Gasteiger partial charge < -0.3 is 33.8 Å². The number of phosphoric ester groups is 2. The van der Waals surface area contributed by atoms with Crippen molar-refractivity contribution in [1.82, 2.24) is 0 Å². The van der Waals surface area contributed by atoms with Crippen molar-refractivity contribution < 1.29 is 80.2 Å². The fourth-order valence-electron chi connectivity index (χ4n) is 10.6. The van der Waals surface area contributed by atoms with Crippen molar-refractivity contribution in [3.05, 3.63) is 158 Å². The van der Waals surface area contributed by atoms with Crippen LogP contribution in [0, 0.1) is 0 Å². The number of carbonyl (C=O) groups is 4. The predicted octanol–water partition coefficient (Wildman–Crippen LogP) is 24.8. The van der Waals surface area contributed by atoms with Crippen LogP contribution in [0.1, 0.15) is 323 Å². The Balaban J connectivity index is 5.52. The first-order chi connectivity index (χ1) is 52.7. The van der Waals surface area contributed by atoms with E-state index in [4.69, 9.17) is 37.0 Å². The Morgan fingerprint density at radius 3 is 0.843 bits per heavy atom. The first-order valence-corrected chi connectivity index (χ1v) is 44.7. The smallest absolute Gasteiger partial charge is 0.462 e. The van der Waals surface area contributed by atoms with Gasteiger partial charge in [0.25, 0.3) is 0 Å². The number of esters is 4. The molecule has 0 fully saturated rings. The van der Waals surface area contributed by atoms with Crippen molar-refractivity contribution in [1.29, 1.82) is 0 Å². The molecule has 0 radical (unpaired) electrons. The van der Waals surface area contributed by atoms with Gasteiger partial charge in [-0.2, -0.15) is 0 Å². The number of rotatable bonds is 77. The monoisotopic (exact) mass is 1550 g/mol. The van der Waals surface area contributed by atoms with Crippen molar-refractivity contribution in [2.75, 3.05) is 39.6 Å². The van der Waals surface area contributed by atoms with E-state index in [2.05, 4.69) is 149 Å². The molecule has 17 nitrogen and oxygen atoms in total. The second-order valence-electron chi connectivity index (χ2n) is 27.3. The van der Waals surface area contributed by atoms with Crippen LogP contribution in [0.3, 0.4) is 0 Å². The van der Waals surface area contributed by atoms with Gasteiger partial charge in [-0.3, -0.25) is 37.3 Å². The molecule has 0 aliphatic heterocycles. The molecule has 5 atom stereocenters. The highest BCUT2D eigenvalue weighted by Gasteiger charge is 2.30. The van der Waals surface area contributed by atoms with Crippen LogP contribution in [0.4, 0.5) is 0 Å². The minimum absolute atomic E-state index is 0.0286. The maximum absolute atomic E-state index is 13.1. The zero-order valence-corrected chi connectivity index (χ0v) is 69.3. The Kier molecular flexibility index (Phi) is 75.8. The Hall–Kier alpha value is -5.32. The molecule has 0 amide bonds. The average Bonchev–Trinajstić information content (AvgIpc) is 0.914. The Bertz CT molecular complexity index is 2660. The highest BCUT2D eigenvalue weighted by molar-refractivity contribution is 7.47. The minimum Gasteiger partial charge on any atom is -0.462 e. The second kappa shape index (κ2) is 79.8. The number of aliphatic hydroxyl groups excluding tert-OH is 1. The van der Waals surface area contributed by atoms with Crippen LogP contribution in [0.15, 0.2) is 158 Å². The number of hydrogen-bond donors (Lipinski definition) is 3. The number of hydrogen-bond acceptors (Lipinski definition) is 15. The van der Waals surface area contributed by atoms with Gasteiger partial charge >= 0.3 is 39.5 Å². The molecule has 0 heterocycles. The van der Waals surface area contributed by atoms with Gasteiger partial charge in [0.05, 0.1) is 26.4 Å². The molecule has 0 bridgehead atoms. The van der Waals surface area contributed by atoms with Crippen LogP contribution in [0.2, 0.25) is 0 Å². The van der Waals surface area contributed by atoms with E-state index >= 15 is 0 Å². The quantitative estimate of drug-likeness (QED) is 0.0169. The van der Waals surface area contributed by atoms with E-state index in [0.717, 1.165) is 135 Å². The van der Waals surface area contributed by atoms with Gasteiger partial charge in [-0.05, 0) is 154 Å². The van der Waals surface area contributed by atoms with E-state index in [9.17, 15) is 43.2 Å². The lowest BCUT2D eigenvalue weighted by atomic mass is 10.1. The maximum atomic E-state index is 13.1. The number of ether oxygens (including phenoxy) is 4. The van der Waals surface area contributed by atoms with Crippen molar-refractivity contribution in [2.45, 2.75) is 341 Å². The van der Waals surface area contributed by atoms with Crippen LogP contribution in [0.25, 0.3) is 0 Å². The fourth-order valence-corrected chi connectivity index (χ4v) is 12.2. The summed E-state index contributed by atoms with van der Waals surface area (Å²) in [6.07, 6.45) is 93.9. The van der Waals surface area contributed by atoms with E-state index in [1.54, 1.807) is 0 Å². The maximum Gasteiger partial charge on any atom is 0.472 e. The summed E-state index contributed by atoms with van der Waals surface area (Å²) in [6, 6.07) is 0. The third kappa shape index (κ3) is 78.8. The van der Waals surface area contributed by atoms with Gasteiger partial charge in [0.1, 0.15) is 19.3 Å².